The van der Waals surface area contributed by atoms with E-state index in [0.29, 0.717) is 28.7 Å². The highest BCUT2D eigenvalue weighted by molar-refractivity contribution is 5.92. The van der Waals surface area contributed by atoms with E-state index >= 15 is 0 Å². The highest BCUT2D eigenvalue weighted by Gasteiger charge is 2.24. The highest BCUT2D eigenvalue weighted by atomic mass is 19.1. The standard InChI is InChI=1S/C20H16FNO4/c1-2-26-20(25)15-4-3-11(8-18(15)23)12-5-13-7-17(21)19(24)9-16(13)14(6-12)10-22/h3-4,6-9,12,23-24H,2,5H2,1H3. The average molecular weight is 353 g/mol. The molecule has 0 saturated carbocycles. The molecule has 0 radical (unpaired) electrons. The third-order valence-corrected chi connectivity index (χ3v) is 4.34. The van der Waals surface area contributed by atoms with Crippen LogP contribution < -0.4 is 0 Å². The number of esters is 1. The molecule has 5 nitrogen and oxygen atoms in total. The highest BCUT2D eigenvalue weighted by Crippen LogP contribution is 2.38. The van der Waals surface area contributed by atoms with Crippen LogP contribution in [0.5, 0.6) is 11.5 Å². The van der Waals surface area contributed by atoms with E-state index in [0.717, 1.165) is 0 Å². The first kappa shape index (κ1) is 17.5. The van der Waals surface area contributed by atoms with E-state index in [2.05, 4.69) is 6.07 Å². The number of allylic oxidation sites excluding steroid dienone is 2. The zero-order valence-corrected chi connectivity index (χ0v) is 14.0. The minimum absolute atomic E-state index is 0.0623. The maximum atomic E-state index is 13.7. The maximum Gasteiger partial charge on any atom is 0.341 e. The molecule has 0 saturated heterocycles. The van der Waals surface area contributed by atoms with Crippen molar-refractivity contribution in [1.82, 2.24) is 0 Å². The third-order valence-electron chi connectivity index (χ3n) is 4.34. The number of rotatable bonds is 3. The van der Waals surface area contributed by atoms with Gasteiger partial charge in [-0.3, -0.25) is 0 Å². The molecule has 0 bridgehead atoms. The summed E-state index contributed by atoms with van der Waals surface area (Å²) in [5, 5.41) is 29.1. The van der Waals surface area contributed by atoms with E-state index in [1.54, 1.807) is 19.1 Å². The molecule has 2 N–H and O–H groups in total. The Morgan fingerprint density at radius 3 is 2.73 bits per heavy atom. The summed E-state index contributed by atoms with van der Waals surface area (Å²) in [5.74, 6) is -2.35. The van der Waals surface area contributed by atoms with Gasteiger partial charge in [-0.05, 0) is 54.3 Å². The van der Waals surface area contributed by atoms with E-state index < -0.39 is 17.5 Å². The van der Waals surface area contributed by atoms with Gasteiger partial charge in [0, 0.05) is 5.92 Å². The molecule has 1 aliphatic carbocycles. The monoisotopic (exact) mass is 353 g/mol. The van der Waals surface area contributed by atoms with Crippen LogP contribution in [-0.4, -0.2) is 22.8 Å². The Bertz CT molecular complexity index is 959. The van der Waals surface area contributed by atoms with Crippen molar-refractivity contribution < 1.29 is 24.1 Å². The Balaban J connectivity index is 1.98. The van der Waals surface area contributed by atoms with Gasteiger partial charge < -0.3 is 14.9 Å². The number of carbonyl (C=O) groups is 1. The number of hydrogen-bond acceptors (Lipinski definition) is 5. The summed E-state index contributed by atoms with van der Waals surface area (Å²) >= 11 is 0. The molecule has 0 spiro atoms. The van der Waals surface area contributed by atoms with Crippen molar-refractivity contribution in [2.75, 3.05) is 6.61 Å². The number of ether oxygens (including phenoxy) is 1. The lowest BCUT2D eigenvalue weighted by atomic mass is 9.81. The van der Waals surface area contributed by atoms with Crippen molar-refractivity contribution in [3.63, 3.8) is 0 Å². The Kier molecular flexibility index (Phi) is 4.63. The van der Waals surface area contributed by atoms with E-state index in [-0.39, 0.29) is 23.8 Å². The van der Waals surface area contributed by atoms with Gasteiger partial charge in [0.05, 0.1) is 18.2 Å². The molecule has 6 heteroatoms. The van der Waals surface area contributed by atoms with Crippen LogP contribution in [0.25, 0.3) is 5.57 Å². The van der Waals surface area contributed by atoms with E-state index in [9.17, 15) is 24.7 Å². The molecule has 0 aliphatic heterocycles. The minimum atomic E-state index is -0.748. The largest absolute Gasteiger partial charge is 0.507 e. The van der Waals surface area contributed by atoms with Gasteiger partial charge >= 0.3 is 5.97 Å². The summed E-state index contributed by atoms with van der Waals surface area (Å²) in [7, 11) is 0. The number of phenols is 2. The topological polar surface area (TPSA) is 90.6 Å². The number of nitrogens with zero attached hydrogens (tertiary/aromatic N) is 1. The summed E-state index contributed by atoms with van der Waals surface area (Å²) in [5.41, 5.74) is 2.16. The van der Waals surface area contributed by atoms with E-state index in [1.165, 1.54) is 24.3 Å². The molecule has 2 aromatic rings. The summed E-state index contributed by atoms with van der Waals surface area (Å²) in [6, 6.07) is 9.11. The second-order valence-corrected chi connectivity index (χ2v) is 5.96. The van der Waals surface area contributed by atoms with Crippen LogP contribution in [0.2, 0.25) is 0 Å². The Labute approximate surface area is 149 Å². The van der Waals surface area contributed by atoms with Gasteiger partial charge in [0.15, 0.2) is 11.6 Å². The van der Waals surface area contributed by atoms with Gasteiger partial charge in [0.25, 0.3) is 0 Å². The van der Waals surface area contributed by atoms with Crippen LogP contribution in [0.15, 0.2) is 36.4 Å². The number of aromatic hydroxyl groups is 2. The zero-order chi connectivity index (χ0) is 18.8. The minimum Gasteiger partial charge on any atom is -0.507 e. The number of nitriles is 1. The maximum absolute atomic E-state index is 13.7. The summed E-state index contributed by atoms with van der Waals surface area (Å²) in [6.07, 6.45) is 2.11. The number of hydrogen-bond donors (Lipinski definition) is 2. The van der Waals surface area contributed by atoms with Gasteiger partial charge in [0.1, 0.15) is 11.3 Å². The first-order valence-corrected chi connectivity index (χ1v) is 8.08. The van der Waals surface area contributed by atoms with Crippen LogP contribution in [-0.2, 0) is 11.2 Å². The zero-order valence-electron chi connectivity index (χ0n) is 14.0. The molecule has 1 unspecified atom stereocenters. The molecule has 2 aromatic carbocycles. The van der Waals surface area contributed by atoms with E-state index in [4.69, 9.17) is 4.74 Å². The first-order chi connectivity index (χ1) is 12.4. The summed E-state index contributed by atoms with van der Waals surface area (Å²) in [4.78, 5) is 11.8. The lowest BCUT2D eigenvalue weighted by Gasteiger charge is -2.22. The molecule has 26 heavy (non-hydrogen) atoms. The summed E-state index contributed by atoms with van der Waals surface area (Å²) < 4.78 is 18.6. The molecule has 0 aromatic heterocycles. The van der Waals surface area contributed by atoms with Crippen molar-refractivity contribution in [2.45, 2.75) is 19.3 Å². The fourth-order valence-electron chi connectivity index (χ4n) is 3.08. The lowest BCUT2D eigenvalue weighted by molar-refractivity contribution is 0.0523. The second kappa shape index (κ2) is 6.89. The lowest BCUT2D eigenvalue weighted by Crippen LogP contribution is -2.10. The van der Waals surface area contributed by atoms with Crippen LogP contribution in [0, 0.1) is 17.1 Å². The molecular weight excluding hydrogens is 337 g/mol. The van der Waals surface area contributed by atoms with Crippen molar-refractivity contribution in [2.24, 2.45) is 0 Å². The average Bonchev–Trinajstić information content (AvgIpc) is 2.62. The predicted octanol–water partition coefficient (Wildman–Crippen LogP) is 3.66. The van der Waals surface area contributed by atoms with Crippen LogP contribution >= 0.6 is 0 Å². The molecule has 0 fully saturated rings. The van der Waals surface area contributed by atoms with Gasteiger partial charge in [0.2, 0.25) is 0 Å². The van der Waals surface area contributed by atoms with Gasteiger partial charge in [-0.2, -0.15) is 5.26 Å². The van der Waals surface area contributed by atoms with Crippen LogP contribution in [0.4, 0.5) is 4.39 Å². The molecule has 0 heterocycles. The van der Waals surface area contributed by atoms with Gasteiger partial charge in [-0.15, -0.1) is 0 Å². The Hall–Kier alpha value is -3.33. The fraction of sp³-hybridized carbons (Fsp3) is 0.200. The van der Waals surface area contributed by atoms with Gasteiger partial charge in [-0.25, -0.2) is 9.18 Å². The molecular formula is C20H16FNO4. The quantitative estimate of drug-likeness (QED) is 0.822. The van der Waals surface area contributed by atoms with Crippen molar-refractivity contribution in [3.8, 4) is 17.6 Å². The third kappa shape index (κ3) is 3.11. The normalized spacial score (nSPS) is 15.6. The fourth-order valence-corrected chi connectivity index (χ4v) is 3.08. The number of carbonyl (C=O) groups excluding carboxylic acids is 1. The predicted molar refractivity (Wildman–Crippen MR) is 92.2 cm³/mol. The van der Waals surface area contributed by atoms with Crippen molar-refractivity contribution in [1.29, 1.82) is 5.26 Å². The van der Waals surface area contributed by atoms with Gasteiger partial charge in [-0.1, -0.05) is 12.1 Å². The van der Waals surface area contributed by atoms with Crippen molar-refractivity contribution >= 4 is 11.5 Å². The second-order valence-electron chi connectivity index (χ2n) is 5.96. The number of fused-ring (bicyclic) bond motifs is 1. The van der Waals surface area contributed by atoms with E-state index in [1.807, 2.05) is 0 Å². The Morgan fingerprint density at radius 1 is 1.31 bits per heavy atom. The molecule has 132 valence electrons. The smallest absolute Gasteiger partial charge is 0.341 e. The molecule has 0 amide bonds. The summed E-state index contributed by atoms with van der Waals surface area (Å²) in [6.45, 7) is 1.88. The number of halogens is 1. The Morgan fingerprint density at radius 2 is 2.08 bits per heavy atom. The number of benzene rings is 2. The number of phenolic OH excluding ortho intramolecular Hbond substituents is 2. The van der Waals surface area contributed by atoms with Crippen LogP contribution in [0.1, 0.15) is 39.9 Å². The SMILES string of the molecule is CCOC(=O)c1ccc(C2C=C(C#N)c3cc(O)c(F)cc3C2)cc1O. The van der Waals surface area contributed by atoms with Crippen molar-refractivity contribution in [3.05, 3.63) is 64.5 Å². The molecule has 1 atom stereocenters. The molecule has 1 aliphatic rings. The van der Waals surface area contributed by atoms with Crippen LogP contribution in [0.3, 0.4) is 0 Å². The molecule has 3 rings (SSSR count). The first-order valence-electron chi connectivity index (χ1n) is 8.08.